The first-order chi connectivity index (χ1) is 8.49. The van der Waals surface area contributed by atoms with Crippen LogP contribution in [0.3, 0.4) is 0 Å². The van der Waals surface area contributed by atoms with Crippen LogP contribution in [-0.2, 0) is 9.53 Å². The number of hydrogen-bond acceptors (Lipinski definition) is 3. The first kappa shape index (κ1) is 17.3. The Hall–Kier alpha value is -0.680. The van der Waals surface area contributed by atoms with Crippen LogP contribution in [0.2, 0.25) is 0 Å². The quantitative estimate of drug-likeness (QED) is 0.471. The third-order valence-electron chi connectivity index (χ3n) is 2.62. The molecule has 0 aromatic rings. The molecule has 0 aliphatic carbocycles. The van der Waals surface area contributed by atoms with Gasteiger partial charge in [0, 0.05) is 13.2 Å². The van der Waals surface area contributed by atoms with Crippen LogP contribution in [0.1, 0.15) is 40.0 Å². The highest BCUT2D eigenvalue weighted by Gasteiger charge is 2.19. The van der Waals surface area contributed by atoms with Gasteiger partial charge in [-0.05, 0) is 18.8 Å². The summed E-state index contributed by atoms with van der Waals surface area (Å²) in [4.78, 5) is 12.1. The zero-order chi connectivity index (χ0) is 14.0. The lowest BCUT2D eigenvalue weighted by Crippen LogP contribution is -2.39. The maximum atomic E-state index is 11.8. The molecule has 1 amide bonds. The van der Waals surface area contributed by atoms with Gasteiger partial charge in [-0.3, -0.25) is 4.79 Å². The Labute approximate surface area is 116 Å². The van der Waals surface area contributed by atoms with Crippen molar-refractivity contribution in [3.8, 4) is 0 Å². The van der Waals surface area contributed by atoms with E-state index in [4.69, 9.17) is 22.7 Å². The van der Waals surface area contributed by atoms with Crippen molar-refractivity contribution < 1.29 is 9.53 Å². The minimum Gasteiger partial charge on any atom is -0.393 e. The number of amides is 1. The number of nitrogens with two attached hydrogens (primary N) is 1. The van der Waals surface area contributed by atoms with Crippen LogP contribution < -0.4 is 11.1 Å². The van der Waals surface area contributed by atoms with E-state index in [2.05, 4.69) is 19.2 Å². The van der Waals surface area contributed by atoms with Crippen LogP contribution in [0.25, 0.3) is 0 Å². The summed E-state index contributed by atoms with van der Waals surface area (Å²) in [6.07, 6.45) is 2.63. The highest BCUT2D eigenvalue weighted by Crippen LogP contribution is 2.06. The summed E-state index contributed by atoms with van der Waals surface area (Å²) in [5.41, 5.74) is 5.55. The van der Waals surface area contributed by atoms with Crippen LogP contribution in [-0.4, -0.2) is 30.7 Å². The first-order valence-corrected chi connectivity index (χ1v) is 7.04. The lowest BCUT2D eigenvalue weighted by Gasteiger charge is -2.14. The summed E-state index contributed by atoms with van der Waals surface area (Å²) in [6, 6.07) is 0. The third kappa shape index (κ3) is 8.42. The van der Waals surface area contributed by atoms with E-state index < -0.39 is 0 Å². The minimum absolute atomic E-state index is 0.0863. The highest BCUT2D eigenvalue weighted by atomic mass is 32.1. The number of carbonyl (C=O) groups is 1. The second-order valence-electron chi connectivity index (χ2n) is 4.83. The highest BCUT2D eigenvalue weighted by molar-refractivity contribution is 7.80. The van der Waals surface area contributed by atoms with Gasteiger partial charge in [-0.1, -0.05) is 39.4 Å². The Kier molecular flexibility index (Phi) is 9.87. The van der Waals surface area contributed by atoms with Crippen LogP contribution in [0.5, 0.6) is 0 Å². The number of carbonyl (C=O) groups excluding carboxylic acids is 1. The zero-order valence-corrected chi connectivity index (χ0v) is 12.5. The van der Waals surface area contributed by atoms with Gasteiger partial charge in [0.2, 0.25) is 5.91 Å². The van der Waals surface area contributed by atoms with Crippen molar-refractivity contribution in [3.63, 3.8) is 0 Å². The van der Waals surface area contributed by atoms with Crippen molar-refractivity contribution in [1.82, 2.24) is 5.32 Å². The van der Waals surface area contributed by atoms with Gasteiger partial charge in [0.15, 0.2) is 0 Å². The Balaban J connectivity index is 3.71. The van der Waals surface area contributed by atoms with E-state index in [1.54, 1.807) is 0 Å². The zero-order valence-electron chi connectivity index (χ0n) is 11.7. The van der Waals surface area contributed by atoms with Gasteiger partial charge in [-0.25, -0.2) is 0 Å². The van der Waals surface area contributed by atoms with Gasteiger partial charge in [-0.15, -0.1) is 0 Å². The molecule has 0 aliphatic rings. The van der Waals surface area contributed by atoms with Crippen LogP contribution in [0.4, 0.5) is 0 Å². The Morgan fingerprint density at radius 2 is 2.00 bits per heavy atom. The summed E-state index contributed by atoms with van der Waals surface area (Å²) >= 11 is 4.89. The number of rotatable bonds is 10. The molecule has 3 N–H and O–H groups in total. The smallest absolute Gasteiger partial charge is 0.230 e. The predicted molar refractivity (Wildman–Crippen MR) is 78.5 cm³/mol. The monoisotopic (exact) mass is 274 g/mol. The van der Waals surface area contributed by atoms with E-state index in [1.807, 2.05) is 6.92 Å². The molecule has 0 heterocycles. The first-order valence-electron chi connectivity index (χ1n) is 6.63. The normalized spacial score (nSPS) is 12.4. The van der Waals surface area contributed by atoms with E-state index >= 15 is 0 Å². The molecule has 4 nitrogen and oxygen atoms in total. The van der Waals surface area contributed by atoms with E-state index in [0.29, 0.717) is 25.5 Å². The third-order valence-corrected chi connectivity index (χ3v) is 2.91. The average Bonchev–Trinajstić information content (AvgIpc) is 2.29. The molecule has 1 atom stereocenters. The SMILES string of the molecule is CCCC(C(=O)NCCOCCC(C)C)C(N)=S. The molecule has 0 rings (SSSR count). The van der Waals surface area contributed by atoms with Crippen molar-refractivity contribution in [2.75, 3.05) is 19.8 Å². The van der Waals surface area contributed by atoms with Crippen molar-refractivity contribution in [1.29, 1.82) is 0 Å². The van der Waals surface area contributed by atoms with Crippen molar-refractivity contribution in [2.24, 2.45) is 17.6 Å². The summed E-state index contributed by atoms with van der Waals surface area (Å²) < 4.78 is 5.42. The number of hydrogen-bond donors (Lipinski definition) is 2. The predicted octanol–water partition coefficient (Wildman–Crippen LogP) is 1.87. The largest absolute Gasteiger partial charge is 0.393 e. The summed E-state index contributed by atoms with van der Waals surface area (Å²) in [5, 5.41) is 2.81. The molecular weight excluding hydrogens is 248 g/mol. The topological polar surface area (TPSA) is 64.3 Å². The molecule has 106 valence electrons. The standard InChI is InChI=1S/C13H26N2O2S/c1-4-5-11(12(14)18)13(16)15-7-9-17-8-6-10(2)3/h10-11H,4-9H2,1-3H3,(H2,14,18)(H,15,16). The second-order valence-corrected chi connectivity index (χ2v) is 5.30. The molecule has 0 aliphatic heterocycles. The maximum absolute atomic E-state index is 11.8. The van der Waals surface area contributed by atoms with E-state index in [0.717, 1.165) is 19.4 Å². The second kappa shape index (κ2) is 10.3. The average molecular weight is 274 g/mol. The van der Waals surface area contributed by atoms with Crippen LogP contribution in [0.15, 0.2) is 0 Å². The van der Waals surface area contributed by atoms with Gasteiger partial charge < -0.3 is 15.8 Å². The van der Waals surface area contributed by atoms with Crippen molar-refractivity contribution >= 4 is 23.1 Å². The van der Waals surface area contributed by atoms with Crippen molar-refractivity contribution in [2.45, 2.75) is 40.0 Å². The molecule has 0 saturated carbocycles. The molecule has 0 spiro atoms. The number of nitrogens with one attached hydrogen (secondary N) is 1. The molecule has 0 aromatic carbocycles. The fourth-order valence-electron chi connectivity index (χ4n) is 1.48. The Morgan fingerprint density at radius 3 is 2.50 bits per heavy atom. The Bertz CT molecular complexity index is 257. The molecule has 0 saturated heterocycles. The molecule has 0 fully saturated rings. The molecule has 0 bridgehead atoms. The fraction of sp³-hybridized carbons (Fsp3) is 0.846. The fourth-order valence-corrected chi connectivity index (χ4v) is 1.71. The minimum atomic E-state index is -0.347. The number of ether oxygens (including phenoxy) is 1. The number of thiocarbonyl (C=S) groups is 1. The molecular formula is C13H26N2O2S. The molecule has 0 radical (unpaired) electrons. The summed E-state index contributed by atoms with van der Waals surface area (Å²) in [6.45, 7) is 8.11. The van der Waals surface area contributed by atoms with E-state index in [1.165, 1.54) is 0 Å². The van der Waals surface area contributed by atoms with Gasteiger partial charge in [0.05, 0.1) is 17.5 Å². The van der Waals surface area contributed by atoms with Crippen LogP contribution >= 0.6 is 12.2 Å². The lowest BCUT2D eigenvalue weighted by atomic mass is 10.0. The maximum Gasteiger partial charge on any atom is 0.230 e. The van der Waals surface area contributed by atoms with E-state index in [9.17, 15) is 4.79 Å². The molecule has 5 heteroatoms. The summed E-state index contributed by atoms with van der Waals surface area (Å²) in [5.74, 6) is 0.209. The van der Waals surface area contributed by atoms with E-state index in [-0.39, 0.29) is 16.8 Å². The van der Waals surface area contributed by atoms with Gasteiger partial charge >= 0.3 is 0 Å². The molecule has 1 unspecified atom stereocenters. The van der Waals surface area contributed by atoms with Crippen LogP contribution in [0, 0.1) is 11.8 Å². The Morgan fingerprint density at radius 1 is 1.33 bits per heavy atom. The van der Waals surface area contributed by atoms with Crippen molar-refractivity contribution in [3.05, 3.63) is 0 Å². The molecule has 18 heavy (non-hydrogen) atoms. The van der Waals surface area contributed by atoms with Gasteiger partial charge in [0.1, 0.15) is 0 Å². The summed E-state index contributed by atoms with van der Waals surface area (Å²) in [7, 11) is 0. The van der Waals surface area contributed by atoms with Gasteiger partial charge in [-0.2, -0.15) is 0 Å². The lowest BCUT2D eigenvalue weighted by molar-refractivity contribution is -0.123. The molecule has 0 aromatic heterocycles. The van der Waals surface area contributed by atoms with Gasteiger partial charge in [0.25, 0.3) is 0 Å².